The molecule has 0 bridgehead atoms. The van der Waals surface area contributed by atoms with Crippen molar-refractivity contribution in [2.24, 2.45) is 57.2 Å². The van der Waals surface area contributed by atoms with Crippen LogP contribution in [0.3, 0.4) is 0 Å². The number of terminal acetylenes is 1. The van der Waals surface area contributed by atoms with E-state index in [4.69, 9.17) is 19.4 Å². The van der Waals surface area contributed by atoms with Gasteiger partial charge in [0.05, 0.1) is 36.6 Å². The van der Waals surface area contributed by atoms with E-state index < -0.39 is 42.3 Å². The predicted octanol–water partition coefficient (Wildman–Crippen LogP) is 4.99. The predicted molar refractivity (Wildman–Crippen MR) is 183 cm³/mol. The molecule has 5 aliphatic carbocycles. The fourth-order valence-corrected chi connectivity index (χ4v) is 13.0. The van der Waals surface area contributed by atoms with Gasteiger partial charge < -0.3 is 40.1 Å². The molecule has 48 heavy (non-hydrogen) atoms. The van der Waals surface area contributed by atoms with Crippen LogP contribution in [0.4, 0.5) is 0 Å². The van der Waals surface area contributed by atoms with Crippen LogP contribution in [0.5, 0.6) is 0 Å². The van der Waals surface area contributed by atoms with Crippen LogP contribution < -0.4 is 0 Å². The number of hydrogen-bond acceptors (Lipinski definition) is 8. The third kappa shape index (κ3) is 6.39. The summed E-state index contributed by atoms with van der Waals surface area (Å²) in [7, 11) is 0. The van der Waals surface area contributed by atoms with E-state index in [1.165, 1.54) is 6.42 Å². The Balaban J connectivity index is 0.000000808. The first-order chi connectivity index (χ1) is 22.3. The van der Waals surface area contributed by atoms with Crippen LogP contribution >= 0.6 is 0 Å². The van der Waals surface area contributed by atoms with Gasteiger partial charge in [0.15, 0.2) is 6.29 Å². The second-order valence-corrected chi connectivity index (χ2v) is 17.9. The van der Waals surface area contributed by atoms with Crippen LogP contribution in [-0.4, -0.2) is 85.6 Å². The zero-order valence-electron chi connectivity index (χ0n) is 30.8. The lowest BCUT2D eigenvalue weighted by atomic mass is 9.46. The molecule has 0 aromatic rings. The van der Waals surface area contributed by atoms with Gasteiger partial charge in [-0.3, -0.25) is 4.79 Å². The van der Waals surface area contributed by atoms with Crippen LogP contribution in [0.1, 0.15) is 120 Å². The van der Waals surface area contributed by atoms with Gasteiger partial charge in [-0.05, 0) is 116 Å². The largest absolute Gasteiger partial charge is 0.481 e. The number of ether oxygens (including phenoxy) is 2. The lowest BCUT2D eigenvalue weighted by molar-refractivity contribution is -0.264. The molecule has 0 radical (unpaired) electrons. The van der Waals surface area contributed by atoms with Gasteiger partial charge in [0.2, 0.25) is 0 Å². The van der Waals surface area contributed by atoms with Crippen LogP contribution in [0, 0.1) is 70.0 Å². The Hall–Kier alpha value is -1.25. The number of rotatable bonds is 7. The summed E-state index contributed by atoms with van der Waals surface area (Å²) in [6, 6.07) is 0. The first kappa shape index (κ1) is 39.5. The Morgan fingerprint density at radius 1 is 0.979 bits per heavy atom. The van der Waals surface area contributed by atoms with Crippen LogP contribution in [-0.2, 0) is 14.3 Å². The number of aliphatic carboxylic acids is 1. The van der Waals surface area contributed by atoms with Gasteiger partial charge in [0.25, 0.3) is 5.97 Å². The SMILES string of the molecule is C#C.CC(=O)O.C[C@H](CCCC(C)(C)O)[C@H]1[C@H](O)[C@H](O)C2[C@@H]3CCC4C(C)(C)[C@@H](O[C@H]5C[C@@H](O)[C@H](O)CO5)CCC45[C@@H](C)[C@@]35CC[C@@]21C. The quantitative estimate of drug-likeness (QED) is 0.161. The smallest absolute Gasteiger partial charge is 0.300 e. The molecule has 0 aromatic carbocycles. The molecule has 0 amide bonds. The number of aliphatic hydroxyl groups excluding tert-OH is 4. The van der Waals surface area contributed by atoms with Crippen LogP contribution in [0.15, 0.2) is 0 Å². The van der Waals surface area contributed by atoms with Gasteiger partial charge in [0.1, 0.15) is 6.10 Å². The van der Waals surface area contributed by atoms with E-state index in [-0.39, 0.29) is 46.2 Å². The average molecular weight is 679 g/mol. The van der Waals surface area contributed by atoms with Crippen molar-refractivity contribution in [1.29, 1.82) is 0 Å². The summed E-state index contributed by atoms with van der Waals surface area (Å²) in [5.41, 5.74) is -0.304. The topological polar surface area (TPSA) is 157 Å². The molecule has 6 aliphatic rings. The molecule has 6 rings (SSSR count). The van der Waals surface area contributed by atoms with Crippen LogP contribution in [0.25, 0.3) is 0 Å². The normalized spacial score (nSPS) is 47.7. The Labute approximate surface area is 289 Å². The molecule has 1 saturated heterocycles. The summed E-state index contributed by atoms with van der Waals surface area (Å²) < 4.78 is 12.4. The molecule has 2 spiro atoms. The zero-order valence-corrected chi connectivity index (χ0v) is 30.8. The number of hydrogen-bond donors (Lipinski definition) is 6. The highest BCUT2D eigenvalue weighted by atomic mass is 16.7. The number of carboxylic acid groups (broad SMARTS) is 1. The Bertz CT molecular complexity index is 1140. The molecule has 9 heteroatoms. The molecule has 0 aromatic heterocycles. The molecule has 6 fully saturated rings. The third-order valence-electron chi connectivity index (χ3n) is 14.8. The van der Waals surface area contributed by atoms with Crippen molar-refractivity contribution >= 4 is 5.97 Å². The maximum Gasteiger partial charge on any atom is 0.300 e. The highest BCUT2D eigenvalue weighted by Gasteiger charge is 2.85. The summed E-state index contributed by atoms with van der Waals surface area (Å²) in [6.45, 7) is 16.8. The first-order valence-electron chi connectivity index (χ1n) is 18.5. The maximum atomic E-state index is 11.8. The Morgan fingerprint density at radius 2 is 1.60 bits per heavy atom. The van der Waals surface area contributed by atoms with E-state index in [1.54, 1.807) is 0 Å². The molecular formula is C39H66O9. The van der Waals surface area contributed by atoms with Crippen LogP contribution in [0.2, 0.25) is 0 Å². The van der Waals surface area contributed by atoms with Crippen molar-refractivity contribution in [1.82, 2.24) is 0 Å². The van der Waals surface area contributed by atoms with E-state index >= 15 is 0 Å². The van der Waals surface area contributed by atoms with E-state index in [0.717, 1.165) is 58.3 Å². The molecule has 1 heterocycles. The second kappa shape index (κ2) is 14.1. The zero-order chi connectivity index (χ0) is 36.2. The number of fused-ring (bicyclic) bond motifs is 2. The van der Waals surface area contributed by atoms with Crippen molar-refractivity contribution in [2.75, 3.05) is 6.61 Å². The van der Waals surface area contributed by atoms with Crippen molar-refractivity contribution in [3.8, 4) is 12.8 Å². The number of carbonyl (C=O) groups is 1. The minimum absolute atomic E-state index is 0.0442. The van der Waals surface area contributed by atoms with E-state index in [9.17, 15) is 25.5 Å². The monoisotopic (exact) mass is 678 g/mol. The molecule has 5 saturated carbocycles. The summed E-state index contributed by atoms with van der Waals surface area (Å²) in [5, 5.41) is 61.2. The average Bonchev–Trinajstić information content (AvgIpc) is 3.44. The Kier molecular flexibility index (Phi) is 11.6. The van der Waals surface area contributed by atoms with E-state index in [1.807, 2.05) is 13.8 Å². The summed E-state index contributed by atoms with van der Waals surface area (Å²) in [5.74, 6) is 1.25. The van der Waals surface area contributed by atoms with Gasteiger partial charge in [-0.1, -0.05) is 47.5 Å². The molecule has 3 unspecified atom stereocenters. The first-order valence-corrected chi connectivity index (χ1v) is 18.5. The van der Waals surface area contributed by atoms with Gasteiger partial charge in [0, 0.05) is 13.3 Å². The third-order valence-corrected chi connectivity index (χ3v) is 14.8. The summed E-state index contributed by atoms with van der Waals surface area (Å²) in [6.07, 6.45) is 14.1. The van der Waals surface area contributed by atoms with Crippen molar-refractivity contribution < 1.29 is 44.9 Å². The second-order valence-electron chi connectivity index (χ2n) is 17.9. The fourth-order valence-electron chi connectivity index (χ4n) is 13.0. The van der Waals surface area contributed by atoms with Gasteiger partial charge in [-0.25, -0.2) is 0 Å². The standard InChI is InChI=1S/C35H60O7.C2H4O2.C2H2/c1-19(9-8-13-31(3,4)40)27-29(38)30(39)28-21-10-11-24-32(5,6)25(42-26-17-22(36)23(37)18-41-26)12-14-35(24)20(2)34(21,35)16-15-33(27,28)7;1-2(3)4;1-2/h19-30,36-40H,8-18H2,1-7H3;1H3,(H,3,4);1-2H/t19-,20+,21+,22-,23-,24?,25+,26+,27+,28?,29+,30-,33-,34+,35?;;/m1../s1. The molecule has 1 aliphatic heterocycles. The molecule has 15 atom stereocenters. The lowest BCUT2D eigenvalue weighted by Crippen LogP contribution is -2.56. The molecular weight excluding hydrogens is 612 g/mol. The molecule has 9 nitrogen and oxygen atoms in total. The van der Waals surface area contributed by atoms with E-state index in [0.29, 0.717) is 30.1 Å². The van der Waals surface area contributed by atoms with Crippen molar-refractivity contribution in [3.05, 3.63) is 0 Å². The van der Waals surface area contributed by atoms with Gasteiger partial charge in [-0.15, -0.1) is 12.8 Å². The summed E-state index contributed by atoms with van der Waals surface area (Å²) >= 11 is 0. The summed E-state index contributed by atoms with van der Waals surface area (Å²) in [4.78, 5) is 9.00. The molecule has 6 N–H and O–H groups in total. The Morgan fingerprint density at radius 3 is 2.19 bits per heavy atom. The highest BCUT2D eigenvalue weighted by molar-refractivity contribution is 5.62. The molecule has 276 valence electrons. The van der Waals surface area contributed by atoms with Crippen molar-refractivity contribution in [3.63, 3.8) is 0 Å². The highest BCUT2D eigenvalue weighted by Crippen LogP contribution is 2.89. The van der Waals surface area contributed by atoms with Gasteiger partial charge >= 0.3 is 0 Å². The lowest BCUT2D eigenvalue weighted by Gasteiger charge is -2.60. The fraction of sp³-hybridized carbons (Fsp3) is 0.923. The number of carboxylic acids is 1. The van der Waals surface area contributed by atoms with E-state index in [2.05, 4.69) is 47.5 Å². The minimum Gasteiger partial charge on any atom is -0.481 e. The minimum atomic E-state index is -0.841. The maximum absolute atomic E-state index is 11.8. The van der Waals surface area contributed by atoms with Gasteiger partial charge in [-0.2, -0.15) is 0 Å². The van der Waals surface area contributed by atoms with Crippen molar-refractivity contribution in [2.45, 2.75) is 162 Å². The number of aliphatic hydroxyl groups is 5.